The number of rotatable bonds is 5. The van der Waals surface area contributed by atoms with E-state index in [1.807, 2.05) is 0 Å². The highest BCUT2D eigenvalue weighted by molar-refractivity contribution is 7.80. The van der Waals surface area contributed by atoms with Crippen molar-refractivity contribution in [3.8, 4) is 0 Å². The summed E-state index contributed by atoms with van der Waals surface area (Å²) >= 11 is 3.97. The molecule has 0 saturated heterocycles. The van der Waals surface area contributed by atoms with Crippen molar-refractivity contribution in [3.05, 3.63) is 0 Å². The van der Waals surface area contributed by atoms with E-state index in [-0.39, 0.29) is 6.10 Å². The van der Waals surface area contributed by atoms with Gasteiger partial charge in [-0.2, -0.15) is 12.6 Å². The molecule has 0 aliphatic rings. The Balaban J connectivity index is 2.88. The van der Waals surface area contributed by atoms with Crippen molar-refractivity contribution in [1.29, 1.82) is 0 Å². The molecule has 0 rings (SSSR count). The normalized spacial score (nSPS) is 13.7. The number of thiol groups is 1. The van der Waals surface area contributed by atoms with Crippen molar-refractivity contribution in [2.45, 2.75) is 38.7 Å². The van der Waals surface area contributed by atoms with Gasteiger partial charge >= 0.3 is 0 Å². The molecule has 56 valence electrons. The summed E-state index contributed by atoms with van der Waals surface area (Å²) in [5, 5.41) is 9.01. The van der Waals surface area contributed by atoms with Gasteiger partial charge in [-0.1, -0.05) is 26.2 Å². The summed E-state index contributed by atoms with van der Waals surface area (Å²) in [7, 11) is 0. The molecule has 2 heteroatoms. The van der Waals surface area contributed by atoms with Gasteiger partial charge in [0.1, 0.15) is 0 Å². The molecule has 1 atom stereocenters. The first-order chi connectivity index (χ1) is 4.31. The Morgan fingerprint density at radius 2 is 2.11 bits per heavy atom. The minimum absolute atomic E-state index is 0.181. The summed E-state index contributed by atoms with van der Waals surface area (Å²) in [6.07, 6.45) is 4.32. The summed E-state index contributed by atoms with van der Waals surface area (Å²) in [6, 6.07) is 0. The van der Waals surface area contributed by atoms with E-state index in [9.17, 15) is 0 Å². The van der Waals surface area contributed by atoms with E-state index in [1.54, 1.807) is 0 Å². The number of unbranched alkanes of at least 4 members (excludes halogenated alkanes) is 2. The van der Waals surface area contributed by atoms with Gasteiger partial charge in [-0.15, -0.1) is 0 Å². The van der Waals surface area contributed by atoms with Gasteiger partial charge < -0.3 is 5.11 Å². The number of hydrogen-bond donors (Lipinski definition) is 2. The Labute approximate surface area is 62.9 Å². The van der Waals surface area contributed by atoms with Crippen LogP contribution >= 0.6 is 12.6 Å². The molecule has 0 fully saturated rings. The van der Waals surface area contributed by atoms with Crippen LogP contribution in [0.3, 0.4) is 0 Å². The maximum Gasteiger partial charge on any atom is 0.0628 e. The fourth-order valence-corrected chi connectivity index (χ4v) is 0.904. The average molecular weight is 148 g/mol. The topological polar surface area (TPSA) is 20.2 Å². The lowest BCUT2D eigenvalue weighted by molar-refractivity contribution is 0.185. The first-order valence-electron chi connectivity index (χ1n) is 3.60. The molecular formula is C7H16OS. The predicted molar refractivity (Wildman–Crippen MR) is 44.0 cm³/mol. The molecule has 0 amide bonds. The average Bonchev–Trinajstić information content (AvgIpc) is 1.89. The lowest BCUT2D eigenvalue weighted by Crippen LogP contribution is -2.07. The Bertz CT molecular complexity index is 56.9. The molecule has 9 heavy (non-hydrogen) atoms. The van der Waals surface area contributed by atoms with E-state index < -0.39 is 0 Å². The smallest absolute Gasteiger partial charge is 0.0628 e. The van der Waals surface area contributed by atoms with Crippen LogP contribution < -0.4 is 0 Å². The molecule has 0 aromatic heterocycles. The van der Waals surface area contributed by atoms with Crippen molar-refractivity contribution in [2.75, 3.05) is 5.75 Å². The summed E-state index contributed by atoms with van der Waals surface area (Å²) in [6.45, 7) is 2.16. The van der Waals surface area contributed by atoms with E-state index in [2.05, 4.69) is 19.6 Å². The van der Waals surface area contributed by atoms with Crippen molar-refractivity contribution in [3.63, 3.8) is 0 Å². The molecule has 0 heterocycles. The first-order valence-corrected chi connectivity index (χ1v) is 4.23. The Kier molecular flexibility index (Phi) is 6.65. The Morgan fingerprint density at radius 3 is 2.56 bits per heavy atom. The van der Waals surface area contributed by atoms with E-state index >= 15 is 0 Å². The zero-order chi connectivity index (χ0) is 7.11. The third-order valence-electron chi connectivity index (χ3n) is 1.35. The third kappa shape index (κ3) is 6.19. The van der Waals surface area contributed by atoms with Crippen LogP contribution in [0, 0.1) is 0 Å². The van der Waals surface area contributed by atoms with E-state index in [1.165, 1.54) is 12.8 Å². The molecule has 0 unspecified atom stereocenters. The van der Waals surface area contributed by atoms with Crippen molar-refractivity contribution >= 4 is 12.6 Å². The highest BCUT2D eigenvalue weighted by Gasteiger charge is 1.98. The molecule has 0 aliphatic heterocycles. The molecule has 1 N–H and O–H groups in total. The fourth-order valence-electron chi connectivity index (χ4n) is 0.721. The van der Waals surface area contributed by atoms with Gasteiger partial charge in [-0.25, -0.2) is 0 Å². The van der Waals surface area contributed by atoms with Crippen LogP contribution in [0.25, 0.3) is 0 Å². The quantitative estimate of drug-likeness (QED) is 0.450. The van der Waals surface area contributed by atoms with Crippen LogP contribution in [0.1, 0.15) is 32.6 Å². The third-order valence-corrected chi connectivity index (χ3v) is 1.77. The van der Waals surface area contributed by atoms with Gasteiger partial charge in [0.05, 0.1) is 6.10 Å². The fraction of sp³-hybridized carbons (Fsp3) is 1.00. The van der Waals surface area contributed by atoms with Crippen LogP contribution in [-0.4, -0.2) is 17.0 Å². The number of aliphatic hydroxyl groups excluding tert-OH is 1. The lowest BCUT2D eigenvalue weighted by atomic mass is 10.1. The van der Waals surface area contributed by atoms with Crippen molar-refractivity contribution in [1.82, 2.24) is 0 Å². The highest BCUT2D eigenvalue weighted by Crippen LogP contribution is 2.03. The molecule has 0 aliphatic carbocycles. The molecule has 0 bridgehead atoms. The van der Waals surface area contributed by atoms with Crippen LogP contribution in [0.5, 0.6) is 0 Å². The molecule has 1 nitrogen and oxygen atoms in total. The Morgan fingerprint density at radius 1 is 1.44 bits per heavy atom. The minimum Gasteiger partial charge on any atom is -0.392 e. The standard InChI is InChI=1S/C7H16OS/c1-2-3-4-5-7(8)6-9/h7-9H,2-6H2,1H3/t7-/m0/s1. The number of hydrogen-bond acceptors (Lipinski definition) is 2. The molecule has 0 radical (unpaired) electrons. The van der Waals surface area contributed by atoms with Crippen molar-refractivity contribution < 1.29 is 5.11 Å². The predicted octanol–water partition coefficient (Wildman–Crippen LogP) is 1.86. The molecule has 0 aromatic rings. The highest BCUT2D eigenvalue weighted by atomic mass is 32.1. The second kappa shape index (κ2) is 6.43. The molecule has 0 saturated carbocycles. The summed E-state index contributed by atoms with van der Waals surface area (Å²) in [5.74, 6) is 0.601. The van der Waals surface area contributed by atoms with E-state index in [4.69, 9.17) is 5.11 Å². The maximum atomic E-state index is 9.01. The van der Waals surface area contributed by atoms with Gasteiger partial charge in [0.25, 0.3) is 0 Å². The van der Waals surface area contributed by atoms with Crippen LogP contribution in [0.2, 0.25) is 0 Å². The Hall–Kier alpha value is 0.310. The largest absolute Gasteiger partial charge is 0.392 e. The monoisotopic (exact) mass is 148 g/mol. The van der Waals surface area contributed by atoms with Gasteiger partial charge in [-0.05, 0) is 6.42 Å². The van der Waals surface area contributed by atoms with E-state index in [0.29, 0.717) is 5.75 Å². The van der Waals surface area contributed by atoms with Crippen molar-refractivity contribution in [2.24, 2.45) is 0 Å². The van der Waals surface area contributed by atoms with Gasteiger partial charge in [0.2, 0.25) is 0 Å². The first kappa shape index (κ1) is 9.31. The second-order valence-electron chi connectivity index (χ2n) is 2.33. The van der Waals surface area contributed by atoms with Crippen LogP contribution in [-0.2, 0) is 0 Å². The van der Waals surface area contributed by atoms with Gasteiger partial charge in [0, 0.05) is 5.75 Å². The molecule has 0 spiro atoms. The maximum absolute atomic E-state index is 9.01. The summed E-state index contributed by atoms with van der Waals surface area (Å²) in [5.41, 5.74) is 0. The number of aliphatic hydroxyl groups is 1. The SMILES string of the molecule is CCCCC[C@H](O)CS. The zero-order valence-electron chi connectivity index (χ0n) is 6.01. The molecular weight excluding hydrogens is 132 g/mol. The second-order valence-corrected chi connectivity index (χ2v) is 2.70. The summed E-state index contributed by atoms with van der Waals surface area (Å²) in [4.78, 5) is 0. The zero-order valence-corrected chi connectivity index (χ0v) is 6.90. The summed E-state index contributed by atoms with van der Waals surface area (Å²) < 4.78 is 0. The van der Waals surface area contributed by atoms with Crippen LogP contribution in [0.4, 0.5) is 0 Å². The lowest BCUT2D eigenvalue weighted by Gasteiger charge is -2.04. The van der Waals surface area contributed by atoms with Gasteiger partial charge in [0.15, 0.2) is 0 Å². The molecule has 0 aromatic carbocycles. The minimum atomic E-state index is -0.181. The van der Waals surface area contributed by atoms with E-state index in [0.717, 1.165) is 12.8 Å². The van der Waals surface area contributed by atoms with Gasteiger partial charge in [-0.3, -0.25) is 0 Å². The van der Waals surface area contributed by atoms with Crippen LogP contribution in [0.15, 0.2) is 0 Å².